The summed E-state index contributed by atoms with van der Waals surface area (Å²) in [6.45, 7) is 15.8. The van der Waals surface area contributed by atoms with E-state index in [1.54, 1.807) is 6.07 Å². The summed E-state index contributed by atoms with van der Waals surface area (Å²) in [5.74, 6) is 2.41. The van der Waals surface area contributed by atoms with Crippen molar-refractivity contribution in [2.75, 3.05) is 0 Å². The summed E-state index contributed by atoms with van der Waals surface area (Å²) in [6.07, 6.45) is 7.35. The third-order valence-corrected chi connectivity index (χ3v) is 5.27. The molecule has 1 aromatic rings. The van der Waals surface area contributed by atoms with Crippen LogP contribution in [0.1, 0.15) is 86.1 Å². The van der Waals surface area contributed by atoms with Crippen LogP contribution in [0.25, 0.3) is 0 Å². The fraction of sp³-hybridized carbons (Fsp3) is 0.727. The molecule has 0 amide bonds. The summed E-state index contributed by atoms with van der Waals surface area (Å²) in [4.78, 5) is 0. The Bertz CT molecular complexity index is 458. The first-order valence-electron chi connectivity index (χ1n) is 9.34. The number of hydrogen-bond acceptors (Lipinski definition) is 1. The third kappa shape index (κ3) is 6.57. The van der Waals surface area contributed by atoms with Gasteiger partial charge in [0.25, 0.3) is 0 Å². The number of benzene rings is 1. The van der Waals surface area contributed by atoms with Crippen LogP contribution >= 0.6 is 0 Å². The van der Waals surface area contributed by atoms with Gasteiger partial charge in [0.2, 0.25) is 0 Å². The van der Waals surface area contributed by atoms with E-state index in [0.29, 0.717) is 11.2 Å². The minimum absolute atomic E-state index is 0.0331. The summed E-state index contributed by atoms with van der Waals surface area (Å²) in [5, 5.41) is 9.45. The smallest absolute Gasteiger partial charge is 0.119 e. The molecule has 1 fully saturated rings. The maximum Gasteiger partial charge on any atom is 0.119 e. The first kappa shape index (κ1) is 20.1. The maximum absolute atomic E-state index is 9.45. The number of rotatable bonds is 3. The van der Waals surface area contributed by atoms with Crippen LogP contribution in [-0.2, 0) is 5.41 Å². The van der Waals surface area contributed by atoms with Crippen LogP contribution in [0.3, 0.4) is 0 Å². The fourth-order valence-corrected chi connectivity index (χ4v) is 3.37. The molecule has 1 saturated carbocycles. The Morgan fingerprint density at radius 3 is 1.91 bits per heavy atom. The highest BCUT2D eigenvalue weighted by Gasteiger charge is 2.28. The van der Waals surface area contributed by atoms with Crippen LogP contribution in [-0.4, -0.2) is 5.11 Å². The molecular formula is C22H38O. The molecule has 0 saturated heterocycles. The molecule has 0 bridgehead atoms. The molecule has 0 aromatic heterocycles. The predicted molar refractivity (Wildman–Crippen MR) is 102 cm³/mol. The number of hydrogen-bond donors (Lipinski definition) is 1. The van der Waals surface area contributed by atoms with Crippen molar-refractivity contribution in [3.8, 4) is 5.75 Å². The average Bonchev–Trinajstić information content (AvgIpc) is 2.36. The lowest BCUT2D eigenvalue weighted by molar-refractivity contribution is 0.152. The standard InChI is InChI=1S/C12H24.C10H14O/c1-5-11(12(2,3)4)9-10-7-6-8-10;1-10(2,3)8-6-4-5-7-9(8)11/h10-11H,5-9H2,1-4H3;4-7,11H,1-3H3. The van der Waals surface area contributed by atoms with Gasteiger partial charge in [-0.25, -0.2) is 0 Å². The highest BCUT2D eigenvalue weighted by Crippen LogP contribution is 2.40. The van der Waals surface area contributed by atoms with Gasteiger partial charge in [0.05, 0.1) is 0 Å². The molecular weight excluding hydrogens is 280 g/mol. The van der Waals surface area contributed by atoms with Gasteiger partial charge in [-0.1, -0.05) is 92.3 Å². The second kappa shape index (κ2) is 8.22. The number of phenolic OH excluding ortho intramolecular Hbond substituents is 1. The lowest BCUT2D eigenvalue weighted by atomic mass is 9.70. The molecule has 1 nitrogen and oxygen atoms in total. The van der Waals surface area contributed by atoms with Gasteiger partial charge in [0.1, 0.15) is 5.75 Å². The van der Waals surface area contributed by atoms with Crippen LogP contribution in [0.2, 0.25) is 0 Å². The van der Waals surface area contributed by atoms with Crippen molar-refractivity contribution >= 4 is 0 Å². The highest BCUT2D eigenvalue weighted by molar-refractivity contribution is 5.36. The zero-order valence-electron chi connectivity index (χ0n) is 16.4. The van der Waals surface area contributed by atoms with E-state index >= 15 is 0 Å². The van der Waals surface area contributed by atoms with Crippen LogP contribution in [0.15, 0.2) is 24.3 Å². The zero-order valence-corrected chi connectivity index (χ0v) is 16.4. The Balaban J connectivity index is 0.000000231. The number of para-hydroxylation sites is 1. The highest BCUT2D eigenvalue weighted by atomic mass is 16.3. The topological polar surface area (TPSA) is 20.2 Å². The van der Waals surface area contributed by atoms with E-state index in [0.717, 1.165) is 17.4 Å². The van der Waals surface area contributed by atoms with Crippen molar-refractivity contribution < 1.29 is 5.11 Å². The van der Waals surface area contributed by atoms with E-state index in [4.69, 9.17) is 0 Å². The van der Waals surface area contributed by atoms with Crippen molar-refractivity contribution in [3.63, 3.8) is 0 Å². The van der Waals surface area contributed by atoms with Crippen molar-refractivity contribution in [1.29, 1.82) is 0 Å². The summed E-state index contributed by atoms with van der Waals surface area (Å²) >= 11 is 0. The van der Waals surface area contributed by atoms with Crippen LogP contribution in [0, 0.1) is 17.3 Å². The molecule has 1 unspecified atom stereocenters. The molecule has 1 atom stereocenters. The van der Waals surface area contributed by atoms with Gasteiger partial charge in [-0.05, 0) is 40.7 Å². The Kier molecular flexibility index (Phi) is 7.17. The van der Waals surface area contributed by atoms with Gasteiger partial charge in [-0.3, -0.25) is 0 Å². The summed E-state index contributed by atoms with van der Waals surface area (Å²) in [6, 6.07) is 7.46. The molecule has 1 aliphatic carbocycles. The summed E-state index contributed by atoms with van der Waals surface area (Å²) in [5.41, 5.74) is 1.57. The number of aromatic hydroxyl groups is 1. The molecule has 0 spiro atoms. The van der Waals surface area contributed by atoms with Crippen molar-refractivity contribution in [2.45, 2.75) is 86.0 Å². The van der Waals surface area contributed by atoms with Crippen LogP contribution in [0.5, 0.6) is 5.75 Å². The molecule has 0 aliphatic heterocycles. The van der Waals surface area contributed by atoms with Gasteiger partial charge >= 0.3 is 0 Å². The molecule has 1 aromatic carbocycles. The first-order valence-corrected chi connectivity index (χ1v) is 9.34. The second-order valence-electron chi connectivity index (χ2n) is 9.27. The molecule has 132 valence electrons. The molecule has 1 N–H and O–H groups in total. The Hall–Kier alpha value is -0.980. The van der Waals surface area contributed by atoms with Crippen molar-refractivity contribution in [1.82, 2.24) is 0 Å². The monoisotopic (exact) mass is 318 g/mol. The Labute approximate surface area is 144 Å². The summed E-state index contributed by atoms with van der Waals surface area (Å²) < 4.78 is 0. The summed E-state index contributed by atoms with van der Waals surface area (Å²) in [7, 11) is 0. The van der Waals surface area contributed by atoms with E-state index in [2.05, 4.69) is 48.5 Å². The van der Waals surface area contributed by atoms with Gasteiger partial charge in [0, 0.05) is 0 Å². The molecule has 2 rings (SSSR count). The third-order valence-electron chi connectivity index (χ3n) is 5.27. The second-order valence-corrected chi connectivity index (χ2v) is 9.27. The first-order chi connectivity index (χ1) is 10.6. The largest absolute Gasteiger partial charge is 0.508 e. The Morgan fingerprint density at radius 2 is 1.61 bits per heavy atom. The predicted octanol–water partition coefficient (Wildman–Crippen LogP) is 6.94. The van der Waals surface area contributed by atoms with Crippen molar-refractivity contribution in [3.05, 3.63) is 29.8 Å². The normalized spacial score (nSPS) is 17.0. The van der Waals surface area contributed by atoms with Crippen LogP contribution < -0.4 is 0 Å². The fourth-order valence-electron chi connectivity index (χ4n) is 3.37. The molecule has 1 heteroatoms. The molecule has 0 heterocycles. The molecule has 0 radical (unpaired) electrons. The van der Waals surface area contributed by atoms with E-state index in [9.17, 15) is 5.11 Å². The van der Waals surface area contributed by atoms with Gasteiger partial charge in [-0.15, -0.1) is 0 Å². The van der Waals surface area contributed by atoms with Crippen molar-refractivity contribution in [2.24, 2.45) is 17.3 Å². The lowest BCUT2D eigenvalue weighted by Gasteiger charge is -2.36. The molecule has 23 heavy (non-hydrogen) atoms. The minimum Gasteiger partial charge on any atom is -0.508 e. The van der Waals surface area contributed by atoms with Gasteiger partial charge in [-0.2, -0.15) is 0 Å². The maximum atomic E-state index is 9.45. The minimum atomic E-state index is 0.0331. The van der Waals surface area contributed by atoms with Gasteiger partial charge in [0.15, 0.2) is 0 Å². The SMILES string of the molecule is CC(C)(C)c1ccccc1O.CCC(CC1CCC1)C(C)(C)C. The molecule has 1 aliphatic rings. The van der Waals surface area contributed by atoms with Gasteiger partial charge < -0.3 is 5.11 Å². The Morgan fingerprint density at radius 1 is 1.04 bits per heavy atom. The average molecular weight is 319 g/mol. The zero-order chi connectivity index (χ0) is 17.7. The quantitative estimate of drug-likeness (QED) is 0.640. The van der Waals surface area contributed by atoms with E-state index in [1.165, 1.54) is 32.1 Å². The number of phenols is 1. The van der Waals surface area contributed by atoms with E-state index in [-0.39, 0.29) is 5.41 Å². The van der Waals surface area contributed by atoms with E-state index < -0.39 is 0 Å². The lowest BCUT2D eigenvalue weighted by Crippen LogP contribution is -2.25. The van der Waals surface area contributed by atoms with Crippen LogP contribution in [0.4, 0.5) is 0 Å². The van der Waals surface area contributed by atoms with E-state index in [1.807, 2.05) is 18.2 Å².